The smallest absolute Gasteiger partial charge is 0.373 e. The normalized spacial score (nSPS) is 16.1. The monoisotopic (exact) mass is 388 g/mol. The molecule has 0 atom stereocenters. The summed E-state index contributed by atoms with van der Waals surface area (Å²) in [6.45, 7) is 0. The lowest BCUT2D eigenvalue weighted by molar-refractivity contribution is -0.368. The maximum absolute atomic E-state index is 12.2. The number of hydrogen-bond acceptors (Lipinski definition) is 2. The maximum Gasteiger partial charge on any atom is 0.426 e. The number of halogens is 12. The first-order chi connectivity index (χ1) is 10.2. The zero-order chi connectivity index (χ0) is 19.8. The Morgan fingerprint density at radius 2 is 0.625 bits per heavy atom. The first kappa shape index (κ1) is 22.8. The van der Waals surface area contributed by atoms with Crippen LogP contribution in [-0.2, 0) is 0 Å². The molecule has 0 saturated carbocycles. The fourth-order valence-corrected chi connectivity index (χ4v) is 1.29. The van der Waals surface area contributed by atoms with Crippen molar-refractivity contribution in [2.24, 2.45) is 0 Å². The quantitative estimate of drug-likeness (QED) is 0.564. The van der Waals surface area contributed by atoms with Crippen molar-refractivity contribution in [2.75, 3.05) is 0 Å². The van der Waals surface area contributed by atoms with Crippen LogP contribution < -0.4 is 0 Å². The van der Waals surface area contributed by atoms with Crippen LogP contribution in [0.5, 0.6) is 0 Å². The van der Waals surface area contributed by atoms with E-state index in [1.165, 1.54) is 0 Å². The van der Waals surface area contributed by atoms with Crippen molar-refractivity contribution < 1.29 is 62.9 Å². The fraction of sp³-hybridized carbons (Fsp3) is 0.800. The average molecular weight is 388 g/mol. The third-order valence-corrected chi connectivity index (χ3v) is 2.87. The van der Waals surface area contributed by atoms with Crippen molar-refractivity contribution in [3.05, 3.63) is 12.2 Å². The summed E-state index contributed by atoms with van der Waals surface area (Å²) in [5.41, 5.74) is -10.7. The minimum Gasteiger partial charge on any atom is -0.373 e. The van der Waals surface area contributed by atoms with Gasteiger partial charge in [0.25, 0.3) is 11.2 Å². The van der Waals surface area contributed by atoms with E-state index < -0.39 is 48.7 Å². The summed E-state index contributed by atoms with van der Waals surface area (Å²) < 4.78 is 147. The van der Waals surface area contributed by atoms with Gasteiger partial charge in [-0.3, -0.25) is 0 Å². The second-order valence-electron chi connectivity index (χ2n) is 4.59. The van der Waals surface area contributed by atoms with Crippen molar-refractivity contribution in [2.45, 2.75) is 48.7 Å². The number of hydrogen-bond donors (Lipinski definition) is 2. The van der Waals surface area contributed by atoms with Gasteiger partial charge in [-0.1, -0.05) is 12.2 Å². The number of aliphatic hydroxyl groups is 2. The molecule has 2 nitrogen and oxygen atoms in total. The van der Waals surface area contributed by atoms with Gasteiger partial charge in [0.05, 0.1) is 0 Å². The second kappa shape index (κ2) is 6.28. The highest BCUT2D eigenvalue weighted by Crippen LogP contribution is 2.47. The van der Waals surface area contributed by atoms with E-state index in [2.05, 4.69) is 0 Å². The second-order valence-corrected chi connectivity index (χ2v) is 4.59. The molecule has 0 rings (SSSR count). The van der Waals surface area contributed by atoms with E-state index >= 15 is 0 Å². The molecule has 0 fully saturated rings. The van der Waals surface area contributed by atoms with Gasteiger partial charge in [0.2, 0.25) is 0 Å². The molecule has 0 amide bonds. The average Bonchev–Trinajstić information content (AvgIpc) is 2.28. The molecule has 0 heterocycles. The molecule has 24 heavy (non-hydrogen) atoms. The summed E-state index contributed by atoms with van der Waals surface area (Å²) in [6, 6.07) is 0. The molecule has 0 saturated heterocycles. The van der Waals surface area contributed by atoms with Gasteiger partial charge >= 0.3 is 24.7 Å². The van der Waals surface area contributed by atoms with Crippen LogP contribution >= 0.6 is 0 Å². The van der Waals surface area contributed by atoms with Crippen molar-refractivity contribution in [3.63, 3.8) is 0 Å². The summed E-state index contributed by atoms with van der Waals surface area (Å²) >= 11 is 0. The topological polar surface area (TPSA) is 40.5 Å². The van der Waals surface area contributed by atoms with Crippen LogP contribution in [0.3, 0.4) is 0 Å². The largest absolute Gasteiger partial charge is 0.426 e. The zero-order valence-corrected chi connectivity index (χ0v) is 11.0. The molecule has 0 aliphatic rings. The standard InChI is InChI=1S/C10H8F12O2/c11-7(12,13)5(23,8(14,15)16)3-1-2-4-6(24,9(17,18)19)10(20,21)22/h1-2,23-24H,3-4H2. The van der Waals surface area contributed by atoms with Crippen molar-refractivity contribution in [1.29, 1.82) is 0 Å². The van der Waals surface area contributed by atoms with Gasteiger partial charge < -0.3 is 10.2 Å². The van der Waals surface area contributed by atoms with E-state index in [0.717, 1.165) is 0 Å². The summed E-state index contributed by atoms with van der Waals surface area (Å²) in [5, 5.41) is 17.3. The highest BCUT2D eigenvalue weighted by Gasteiger charge is 2.70. The zero-order valence-electron chi connectivity index (χ0n) is 11.0. The highest BCUT2D eigenvalue weighted by molar-refractivity contribution is 5.05. The molecule has 0 unspecified atom stereocenters. The minimum atomic E-state index is -6.29. The van der Waals surface area contributed by atoms with E-state index in [-0.39, 0.29) is 12.2 Å². The molecule has 2 N–H and O–H groups in total. The first-order valence-corrected chi connectivity index (χ1v) is 5.57. The molecule has 0 bridgehead atoms. The van der Waals surface area contributed by atoms with Gasteiger partial charge in [-0.25, -0.2) is 0 Å². The van der Waals surface area contributed by atoms with E-state index in [1.807, 2.05) is 0 Å². The van der Waals surface area contributed by atoms with Crippen LogP contribution in [0.2, 0.25) is 0 Å². The molecule has 14 heteroatoms. The molecule has 144 valence electrons. The fourth-order valence-electron chi connectivity index (χ4n) is 1.29. The third-order valence-electron chi connectivity index (χ3n) is 2.87. The number of alkyl halides is 12. The Morgan fingerprint density at radius 3 is 0.750 bits per heavy atom. The summed E-state index contributed by atoms with van der Waals surface area (Å²) in [7, 11) is 0. The van der Waals surface area contributed by atoms with Crippen LogP contribution in [0.1, 0.15) is 12.8 Å². The van der Waals surface area contributed by atoms with E-state index in [9.17, 15) is 52.7 Å². The lowest BCUT2D eigenvalue weighted by Crippen LogP contribution is -2.57. The molecule has 0 aliphatic heterocycles. The highest BCUT2D eigenvalue weighted by atomic mass is 19.4. The molecule has 0 aliphatic carbocycles. The molecule has 0 aromatic heterocycles. The minimum absolute atomic E-state index is 0.385. The van der Waals surface area contributed by atoms with Crippen LogP contribution in [-0.4, -0.2) is 46.1 Å². The number of rotatable bonds is 4. The van der Waals surface area contributed by atoms with E-state index in [4.69, 9.17) is 10.2 Å². The van der Waals surface area contributed by atoms with Gasteiger partial charge in [0.1, 0.15) is 0 Å². The molecule has 0 spiro atoms. The summed E-state index contributed by atoms with van der Waals surface area (Å²) in [6.07, 6.45) is -30.7. The van der Waals surface area contributed by atoms with Gasteiger partial charge in [-0.15, -0.1) is 0 Å². The van der Waals surface area contributed by atoms with E-state index in [1.54, 1.807) is 0 Å². The predicted octanol–water partition coefficient (Wildman–Crippen LogP) is 4.03. The van der Waals surface area contributed by atoms with Crippen LogP contribution in [0.4, 0.5) is 52.7 Å². The molecule has 0 aromatic rings. The Balaban J connectivity index is 5.43. The van der Waals surface area contributed by atoms with Crippen molar-refractivity contribution in [3.8, 4) is 0 Å². The SMILES string of the molecule is OC(CC=CCC(O)(C(F)(F)F)C(F)(F)F)(C(F)(F)F)C(F)(F)F. The Labute approximate surface area is 125 Å². The van der Waals surface area contributed by atoms with Crippen LogP contribution in [0, 0.1) is 0 Å². The molecular formula is C10H8F12O2. The van der Waals surface area contributed by atoms with Gasteiger partial charge in [-0.05, 0) is 0 Å². The first-order valence-electron chi connectivity index (χ1n) is 5.57. The molecule has 0 radical (unpaired) electrons. The third kappa shape index (κ3) is 4.26. The lowest BCUT2D eigenvalue weighted by Gasteiger charge is -2.32. The van der Waals surface area contributed by atoms with Gasteiger partial charge in [0, 0.05) is 12.8 Å². The maximum atomic E-state index is 12.2. The Bertz CT molecular complexity index is 382. The van der Waals surface area contributed by atoms with E-state index in [0.29, 0.717) is 0 Å². The van der Waals surface area contributed by atoms with Crippen molar-refractivity contribution >= 4 is 0 Å². The van der Waals surface area contributed by atoms with Crippen LogP contribution in [0.25, 0.3) is 0 Å². The molecule has 0 aromatic carbocycles. The summed E-state index contributed by atoms with van der Waals surface area (Å²) in [4.78, 5) is 0. The molecular weight excluding hydrogens is 380 g/mol. The Kier molecular flexibility index (Phi) is 5.97. The van der Waals surface area contributed by atoms with Gasteiger partial charge in [0.15, 0.2) is 0 Å². The summed E-state index contributed by atoms with van der Waals surface area (Å²) in [5.74, 6) is 0. The van der Waals surface area contributed by atoms with Crippen LogP contribution in [0.15, 0.2) is 12.2 Å². The van der Waals surface area contributed by atoms with Crippen molar-refractivity contribution in [1.82, 2.24) is 0 Å². The lowest BCUT2D eigenvalue weighted by atomic mass is 9.94. The Morgan fingerprint density at radius 1 is 0.458 bits per heavy atom. The van der Waals surface area contributed by atoms with Gasteiger partial charge in [-0.2, -0.15) is 52.7 Å². The predicted molar refractivity (Wildman–Crippen MR) is 52.5 cm³/mol. The Hall–Kier alpha value is -1.18.